The summed E-state index contributed by atoms with van der Waals surface area (Å²) in [5, 5.41) is 9.79. The van der Waals surface area contributed by atoms with Gasteiger partial charge in [0.2, 0.25) is 5.91 Å². The Balaban J connectivity index is 0.000000479. The maximum atomic E-state index is 13.6. The van der Waals surface area contributed by atoms with E-state index in [1.807, 2.05) is 30.5 Å². The van der Waals surface area contributed by atoms with Crippen LogP contribution in [-0.2, 0) is 4.79 Å². The lowest BCUT2D eigenvalue weighted by atomic mass is 10.1. The van der Waals surface area contributed by atoms with Crippen LogP contribution in [0.2, 0.25) is 0 Å². The highest BCUT2D eigenvalue weighted by Gasteiger charge is 2.38. The highest BCUT2D eigenvalue weighted by Crippen LogP contribution is 2.18. The fourth-order valence-corrected chi connectivity index (χ4v) is 2.53. The summed E-state index contributed by atoms with van der Waals surface area (Å²) in [6.07, 6.45) is -3.35. The number of nitrogens with one attached hydrogen (secondary N) is 1. The van der Waals surface area contributed by atoms with Crippen molar-refractivity contribution in [3.63, 3.8) is 0 Å². The van der Waals surface area contributed by atoms with E-state index in [1.54, 1.807) is 18.5 Å². The number of rotatable bonds is 4. The number of carboxylic acid groups (broad SMARTS) is 1. The van der Waals surface area contributed by atoms with Crippen molar-refractivity contribution < 1.29 is 37.1 Å². The molecular formula is C21H18F4N4O4. The van der Waals surface area contributed by atoms with E-state index in [4.69, 9.17) is 15.6 Å². The molecule has 0 aliphatic heterocycles. The van der Waals surface area contributed by atoms with E-state index in [1.165, 1.54) is 6.07 Å². The number of carbonyl (C=O) groups is 3. The molecule has 33 heavy (non-hydrogen) atoms. The number of amides is 2. The number of primary amides is 1. The lowest BCUT2D eigenvalue weighted by Gasteiger charge is -2.09. The van der Waals surface area contributed by atoms with Gasteiger partial charge in [0, 0.05) is 28.2 Å². The van der Waals surface area contributed by atoms with Crippen molar-refractivity contribution in [2.45, 2.75) is 20.0 Å². The molecule has 3 aromatic rings. The standard InChI is InChI=1S/C19H17FN4O2.C2HF3O2/c1-11-12(2)24(10-22-11)17-5-3-16(4-6-17)23-19(26)14-7-13(18(21)25)8-15(20)9-14;3-2(4,5)1(6)7/h3-10H,1-2H3,(H2,21,25)(H,23,26);(H,6,7). The van der Waals surface area contributed by atoms with E-state index in [2.05, 4.69) is 10.3 Å². The number of aromatic nitrogens is 2. The second-order valence-electron chi connectivity index (χ2n) is 6.68. The number of nitrogens with two attached hydrogens (primary N) is 1. The van der Waals surface area contributed by atoms with Crippen molar-refractivity contribution in [1.82, 2.24) is 9.55 Å². The third-order valence-electron chi connectivity index (χ3n) is 4.34. The summed E-state index contributed by atoms with van der Waals surface area (Å²) in [4.78, 5) is 36.7. The predicted octanol–water partition coefficient (Wildman–Crippen LogP) is 3.61. The Morgan fingerprint density at radius 3 is 2.03 bits per heavy atom. The molecule has 0 saturated heterocycles. The summed E-state index contributed by atoms with van der Waals surface area (Å²) in [6.45, 7) is 3.90. The molecule has 0 bridgehead atoms. The molecule has 12 heteroatoms. The van der Waals surface area contributed by atoms with Gasteiger partial charge in [0.05, 0.1) is 12.0 Å². The number of aryl methyl sites for hydroxylation is 1. The van der Waals surface area contributed by atoms with Gasteiger partial charge >= 0.3 is 12.1 Å². The van der Waals surface area contributed by atoms with Crippen molar-refractivity contribution >= 4 is 23.5 Å². The van der Waals surface area contributed by atoms with Crippen molar-refractivity contribution in [1.29, 1.82) is 0 Å². The van der Waals surface area contributed by atoms with Crippen molar-refractivity contribution in [3.8, 4) is 5.69 Å². The van der Waals surface area contributed by atoms with Crippen LogP contribution in [0.3, 0.4) is 0 Å². The van der Waals surface area contributed by atoms with Crippen LogP contribution in [0.15, 0.2) is 48.8 Å². The molecule has 174 valence electrons. The van der Waals surface area contributed by atoms with Crippen LogP contribution in [0.4, 0.5) is 23.2 Å². The Labute approximate surface area is 184 Å². The largest absolute Gasteiger partial charge is 0.490 e. The first kappa shape index (κ1) is 25.0. The summed E-state index contributed by atoms with van der Waals surface area (Å²) in [5.41, 5.74) is 8.52. The number of nitrogens with zero attached hydrogens (tertiary/aromatic N) is 2. The number of aliphatic carboxylic acids is 1. The van der Waals surface area contributed by atoms with E-state index in [0.29, 0.717) is 5.69 Å². The Morgan fingerprint density at radius 1 is 1.03 bits per heavy atom. The second kappa shape index (κ2) is 9.94. The quantitative estimate of drug-likeness (QED) is 0.506. The Kier molecular flexibility index (Phi) is 7.54. The molecule has 2 aromatic carbocycles. The number of carboxylic acids is 1. The van der Waals surface area contributed by atoms with Gasteiger partial charge in [-0.05, 0) is 56.3 Å². The smallest absolute Gasteiger partial charge is 0.475 e. The second-order valence-corrected chi connectivity index (χ2v) is 6.68. The van der Waals surface area contributed by atoms with E-state index < -0.39 is 29.8 Å². The van der Waals surface area contributed by atoms with Crippen LogP contribution in [-0.4, -0.2) is 38.6 Å². The molecule has 1 aromatic heterocycles. The molecule has 0 fully saturated rings. The molecule has 0 unspecified atom stereocenters. The van der Waals surface area contributed by atoms with Gasteiger partial charge in [0.15, 0.2) is 0 Å². The van der Waals surface area contributed by atoms with Crippen molar-refractivity contribution in [3.05, 3.63) is 77.1 Å². The first-order chi connectivity index (χ1) is 15.3. The highest BCUT2D eigenvalue weighted by molar-refractivity contribution is 6.06. The first-order valence-electron chi connectivity index (χ1n) is 9.12. The predicted molar refractivity (Wildman–Crippen MR) is 110 cm³/mol. The topological polar surface area (TPSA) is 127 Å². The molecule has 0 atom stereocenters. The van der Waals surface area contributed by atoms with E-state index in [0.717, 1.165) is 29.2 Å². The van der Waals surface area contributed by atoms with Crippen molar-refractivity contribution in [2.24, 2.45) is 5.73 Å². The minimum absolute atomic E-state index is 0.0176. The van der Waals surface area contributed by atoms with Crippen molar-refractivity contribution in [2.75, 3.05) is 5.32 Å². The normalized spacial score (nSPS) is 10.7. The molecule has 0 radical (unpaired) electrons. The van der Waals surface area contributed by atoms with Crippen LogP contribution in [0, 0.1) is 19.7 Å². The Hall–Kier alpha value is -4.22. The van der Waals surface area contributed by atoms with Crippen LogP contribution in [0.25, 0.3) is 5.69 Å². The molecule has 0 spiro atoms. The molecular weight excluding hydrogens is 448 g/mol. The number of hydrogen-bond donors (Lipinski definition) is 3. The maximum Gasteiger partial charge on any atom is 0.490 e. The minimum atomic E-state index is -5.08. The van der Waals surface area contributed by atoms with E-state index in [-0.39, 0.29) is 11.1 Å². The first-order valence-corrected chi connectivity index (χ1v) is 9.12. The molecule has 4 N–H and O–H groups in total. The molecule has 0 saturated carbocycles. The summed E-state index contributed by atoms with van der Waals surface area (Å²) < 4.78 is 47.2. The Bertz CT molecular complexity index is 1190. The van der Waals surface area contributed by atoms with Gasteiger partial charge in [-0.1, -0.05) is 0 Å². The summed E-state index contributed by atoms with van der Waals surface area (Å²) in [5.74, 6) is -4.79. The number of carbonyl (C=O) groups excluding carboxylic acids is 2. The number of hydrogen-bond acceptors (Lipinski definition) is 4. The SMILES string of the molecule is Cc1ncn(-c2ccc(NC(=O)c3cc(F)cc(C(N)=O)c3)cc2)c1C.O=C(O)C(F)(F)F. The molecule has 8 nitrogen and oxygen atoms in total. The molecule has 3 rings (SSSR count). The number of imidazole rings is 1. The molecule has 2 amide bonds. The van der Waals surface area contributed by atoms with Gasteiger partial charge in [0.1, 0.15) is 5.82 Å². The lowest BCUT2D eigenvalue weighted by Crippen LogP contribution is -2.21. The summed E-state index contributed by atoms with van der Waals surface area (Å²) in [6, 6.07) is 10.4. The third-order valence-corrected chi connectivity index (χ3v) is 4.34. The fourth-order valence-electron chi connectivity index (χ4n) is 2.53. The number of halogens is 4. The van der Waals surface area contributed by atoms with E-state index in [9.17, 15) is 27.2 Å². The third kappa shape index (κ3) is 6.63. The molecule has 0 aliphatic rings. The lowest BCUT2D eigenvalue weighted by molar-refractivity contribution is -0.192. The zero-order valence-electron chi connectivity index (χ0n) is 17.3. The average Bonchev–Trinajstić information content (AvgIpc) is 3.06. The highest BCUT2D eigenvalue weighted by atomic mass is 19.4. The van der Waals surface area contributed by atoms with Gasteiger partial charge in [-0.15, -0.1) is 0 Å². The molecule has 0 aliphatic carbocycles. The summed E-state index contributed by atoms with van der Waals surface area (Å²) >= 11 is 0. The zero-order chi connectivity index (χ0) is 24.9. The van der Waals surface area contributed by atoms with Gasteiger partial charge in [-0.2, -0.15) is 13.2 Å². The number of alkyl halides is 3. The minimum Gasteiger partial charge on any atom is -0.475 e. The maximum absolute atomic E-state index is 13.6. The zero-order valence-corrected chi connectivity index (χ0v) is 17.3. The van der Waals surface area contributed by atoms with Crippen LogP contribution >= 0.6 is 0 Å². The Morgan fingerprint density at radius 2 is 1.58 bits per heavy atom. The number of anilines is 1. The van der Waals surface area contributed by atoms with Gasteiger partial charge in [-0.25, -0.2) is 14.2 Å². The summed E-state index contributed by atoms with van der Waals surface area (Å²) in [7, 11) is 0. The van der Waals surface area contributed by atoms with Gasteiger partial charge in [0.25, 0.3) is 5.91 Å². The van der Waals surface area contributed by atoms with Crippen LogP contribution < -0.4 is 11.1 Å². The van der Waals surface area contributed by atoms with E-state index >= 15 is 0 Å². The monoisotopic (exact) mass is 466 g/mol. The average molecular weight is 466 g/mol. The van der Waals surface area contributed by atoms with Crippen LogP contribution in [0.5, 0.6) is 0 Å². The van der Waals surface area contributed by atoms with Gasteiger partial charge in [-0.3, -0.25) is 9.59 Å². The van der Waals surface area contributed by atoms with Gasteiger partial charge < -0.3 is 20.7 Å². The fraction of sp³-hybridized carbons (Fsp3) is 0.143. The number of benzene rings is 2. The van der Waals surface area contributed by atoms with Crippen LogP contribution in [0.1, 0.15) is 32.1 Å². The molecule has 1 heterocycles.